The van der Waals surface area contributed by atoms with Gasteiger partial charge in [0.05, 0.1) is 11.3 Å². The van der Waals surface area contributed by atoms with Gasteiger partial charge in [0.2, 0.25) is 10.0 Å². The van der Waals surface area contributed by atoms with Crippen molar-refractivity contribution in [1.29, 1.82) is 0 Å². The van der Waals surface area contributed by atoms with Gasteiger partial charge in [0.1, 0.15) is 0 Å². The molecule has 1 amide bonds. The van der Waals surface area contributed by atoms with Gasteiger partial charge in [-0.2, -0.15) is 0 Å². The van der Waals surface area contributed by atoms with Crippen molar-refractivity contribution < 1.29 is 13.2 Å². The molecule has 0 saturated heterocycles. The minimum Gasteiger partial charge on any atom is -0.351 e. The average Bonchev–Trinajstić information content (AvgIpc) is 2.32. The van der Waals surface area contributed by atoms with E-state index in [1.807, 2.05) is 13.8 Å². The van der Waals surface area contributed by atoms with Crippen LogP contribution in [0.3, 0.4) is 0 Å². The largest absolute Gasteiger partial charge is 0.351 e. The van der Waals surface area contributed by atoms with Crippen LogP contribution < -0.4 is 5.32 Å². The van der Waals surface area contributed by atoms with E-state index in [0.29, 0.717) is 5.56 Å². The summed E-state index contributed by atoms with van der Waals surface area (Å²) in [4.78, 5) is 15.9. The second kappa shape index (κ2) is 6.12. The van der Waals surface area contributed by atoms with E-state index in [1.165, 1.54) is 20.3 Å². The van der Waals surface area contributed by atoms with Gasteiger partial charge in [0.15, 0.2) is 0 Å². The van der Waals surface area contributed by atoms with Crippen LogP contribution in [0.25, 0.3) is 0 Å². The first-order chi connectivity index (χ1) is 8.74. The molecule has 0 fully saturated rings. The summed E-state index contributed by atoms with van der Waals surface area (Å²) in [5.74, 6) is -0.436. The molecule has 0 spiro atoms. The molecular formula is C12H19N3O3S. The lowest BCUT2D eigenvalue weighted by atomic mass is 10.1. The van der Waals surface area contributed by atoms with Gasteiger partial charge >= 0.3 is 0 Å². The Labute approximate surface area is 113 Å². The number of pyridine rings is 1. The Balaban J connectivity index is 2.59. The molecule has 19 heavy (non-hydrogen) atoms. The molecule has 0 radical (unpaired) electrons. The van der Waals surface area contributed by atoms with Gasteiger partial charge in [-0.1, -0.05) is 0 Å². The number of hydrogen-bond acceptors (Lipinski definition) is 4. The second-order valence-electron chi connectivity index (χ2n) is 4.48. The molecule has 6 nitrogen and oxygen atoms in total. The fourth-order valence-corrected chi connectivity index (χ4v) is 2.07. The lowest BCUT2D eigenvalue weighted by Gasteiger charge is -2.11. The second-order valence-corrected chi connectivity index (χ2v) is 6.78. The number of nitrogens with zero attached hydrogens (tertiary/aromatic N) is 2. The van der Waals surface area contributed by atoms with Crippen molar-refractivity contribution in [1.82, 2.24) is 14.6 Å². The number of aromatic nitrogens is 1. The maximum absolute atomic E-state index is 11.8. The van der Waals surface area contributed by atoms with Crippen molar-refractivity contribution in [3.05, 3.63) is 29.1 Å². The predicted molar refractivity (Wildman–Crippen MR) is 73.5 cm³/mol. The molecule has 0 unspecified atom stereocenters. The van der Waals surface area contributed by atoms with Crippen LogP contribution in [-0.2, 0) is 10.0 Å². The van der Waals surface area contributed by atoms with E-state index in [2.05, 4.69) is 10.3 Å². The smallest absolute Gasteiger partial charge is 0.252 e. The van der Waals surface area contributed by atoms with E-state index in [9.17, 15) is 13.2 Å². The lowest BCUT2D eigenvalue weighted by Crippen LogP contribution is -2.34. The third-order valence-corrected chi connectivity index (χ3v) is 4.64. The van der Waals surface area contributed by atoms with Crippen LogP contribution in [0.1, 0.15) is 21.6 Å². The molecule has 106 valence electrons. The van der Waals surface area contributed by atoms with Crippen LogP contribution in [0.5, 0.6) is 0 Å². The van der Waals surface area contributed by atoms with Gasteiger partial charge in [0, 0.05) is 32.5 Å². The van der Waals surface area contributed by atoms with Crippen LogP contribution in [0.15, 0.2) is 12.3 Å². The molecule has 0 aromatic carbocycles. The summed E-state index contributed by atoms with van der Waals surface area (Å²) in [6, 6.07) is 1.73. The summed E-state index contributed by atoms with van der Waals surface area (Å²) in [6.07, 6.45) is 1.48. The van der Waals surface area contributed by atoms with Gasteiger partial charge in [-0.3, -0.25) is 9.78 Å². The molecule has 1 heterocycles. The van der Waals surface area contributed by atoms with Crippen LogP contribution >= 0.6 is 0 Å². The van der Waals surface area contributed by atoms with Gasteiger partial charge in [-0.25, -0.2) is 12.7 Å². The Morgan fingerprint density at radius 2 is 2.00 bits per heavy atom. The maximum atomic E-state index is 11.8. The van der Waals surface area contributed by atoms with Crippen LogP contribution in [0.4, 0.5) is 0 Å². The highest BCUT2D eigenvalue weighted by Crippen LogP contribution is 2.06. The molecule has 0 aliphatic carbocycles. The Bertz CT molecular complexity index is 568. The van der Waals surface area contributed by atoms with Gasteiger partial charge in [-0.15, -0.1) is 0 Å². The van der Waals surface area contributed by atoms with E-state index in [4.69, 9.17) is 0 Å². The number of aryl methyl sites for hydroxylation is 2. The molecule has 1 aromatic rings. The third-order valence-electron chi connectivity index (χ3n) is 2.80. The summed E-state index contributed by atoms with van der Waals surface area (Å²) in [7, 11) is -0.363. The number of rotatable bonds is 5. The van der Waals surface area contributed by atoms with Crippen LogP contribution in [0.2, 0.25) is 0 Å². The van der Waals surface area contributed by atoms with E-state index in [-0.39, 0.29) is 18.2 Å². The van der Waals surface area contributed by atoms with Crippen molar-refractivity contribution >= 4 is 15.9 Å². The number of carbonyl (C=O) groups is 1. The summed E-state index contributed by atoms with van der Waals surface area (Å²) >= 11 is 0. The lowest BCUT2D eigenvalue weighted by molar-refractivity contribution is 0.0955. The predicted octanol–water partition coefficient (Wildman–Crippen LogP) is 0.320. The molecular weight excluding hydrogens is 266 g/mol. The minimum atomic E-state index is -3.29. The molecule has 1 N–H and O–H groups in total. The first-order valence-corrected chi connectivity index (χ1v) is 7.46. The SMILES string of the molecule is Cc1cc(C(=O)NCCS(=O)(=O)N(C)C)cnc1C. The van der Waals surface area contributed by atoms with E-state index < -0.39 is 10.0 Å². The Hall–Kier alpha value is -1.47. The van der Waals surface area contributed by atoms with Crippen molar-refractivity contribution in [3.63, 3.8) is 0 Å². The van der Waals surface area contributed by atoms with Gasteiger partial charge in [-0.05, 0) is 25.5 Å². The minimum absolute atomic E-state index is 0.0757. The highest BCUT2D eigenvalue weighted by atomic mass is 32.2. The van der Waals surface area contributed by atoms with Crippen molar-refractivity contribution in [2.24, 2.45) is 0 Å². The van der Waals surface area contributed by atoms with Crippen molar-refractivity contribution in [2.45, 2.75) is 13.8 Å². The first-order valence-electron chi connectivity index (χ1n) is 5.85. The average molecular weight is 285 g/mol. The van der Waals surface area contributed by atoms with Gasteiger partial charge < -0.3 is 5.32 Å². The molecule has 0 saturated carbocycles. The normalized spacial score (nSPS) is 11.6. The monoisotopic (exact) mass is 285 g/mol. The number of sulfonamides is 1. The number of hydrogen-bond donors (Lipinski definition) is 1. The van der Waals surface area contributed by atoms with E-state index in [1.54, 1.807) is 6.07 Å². The quantitative estimate of drug-likeness (QED) is 0.845. The molecule has 0 aliphatic heterocycles. The van der Waals surface area contributed by atoms with E-state index >= 15 is 0 Å². The topological polar surface area (TPSA) is 79.4 Å². The highest BCUT2D eigenvalue weighted by Gasteiger charge is 2.14. The fraction of sp³-hybridized carbons (Fsp3) is 0.500. The molecule has 0 atom stereocenters. The molecule has 1 aromatic heterocycles. The Morgan fingerprint density at radius 3 is 2.53 bits per heavy atom. The molecule has 7 heteroatoms. The summed E-state index contributed by atoms with van der Waals surface area (Å²) in [5.41, 5.74) is 2.23. The third kappa shape index (κ3) is 4.29. The summed E-state index contributed by atoms with van der Waals surface area (Å²) in [5, 5.41) is 2.57. The summed E-state index contributed by atoms with van der Waals surface area (Å²) < 4.78 is 24.2. The molecule has 0 aliphatic rings. The van der Waals surface area contributed by atoms with Gasteiger partial charge in [0.25, 0.3) is 5.91 Å². The fourth-order valence-electron chi connectivity index (χ4n) is 1.35. The zero-order valence-corrected chi connectivity index (χ0v) is 12.4. The zero-order chi connectivity index (χ0) is 14.6. The van der Waals surface area contributed by atoms with Crippen LogP contribution in [0, 0.1) is 13.8 Å². The molecule has 1 rings (SSSR count). The number of amides is 1. The Morgan fingerprint density at radius 1 is 1.37 bits per heavy atom. The standard InChI is InChI=1S/C12H19N3O3S/c1-9-7-11(8-14-10(9)2)12(16)13-5-6-19(17,18)15(3)4/h7-8H,5-6H2,1-4H3,(H,13,16). The van der Waals surface area contributed by atoms with E-state index in [0.717, 1.165) is 15.6 Å². The highest BCUT2D eigenvalue weighted by molar-refractivity contribution is 7.89. The Kier molecular flexibility index (Phi) is 5.02. The molecule has 0 bridgehead atoms. The van der Waals surface area contributed by atoms with Crippen LogP contribution in [-0.4, -0.2) is 50.0 Å². The number of nitrogens with one attached hydrogen (secondary N) is 1. The number of carbonyl (C=O) groups excluding carboxylic acids is 1. The zero-order valence-electron chi connectivity index (χ0n) is 11.6. The maximum Gasteiger partial charge on any atom is 0.252 e. The van der Waals surface area contributed by atoms with Crippen molar-refractivity contribution in [2.75, 3.05) is 26.4 Å². The first kappa shape index (κ1) is 15.6. The van der Waals surface area contributed by atoms with Crippen molar-refractivity contribution in [3.8, 4) is 0 Å². The summed E-state index contributed by atoms with van der Waals surface area (Å²) in [6.45, 7) is 3.81.